The Morgan fingerprint density at radius 2 is 1.86 bits per heavy atom. The van der Waals surface area contributed by atoms with Gasteiger partial charge in [0.2, 0.25) is 0 Å². The molecule has 1 amide bonds. The Kier molecular flexibility index (Phi) is 4.14. The van der Waals surface area contributed by atoms with Crippen molar-refractivity contribution in [1.82, 2.24) is 0 Å². The van der Waals surface area contributed by atoms with Crippen LogP contribution in [-0.4, -0.2) is 22.1 Å². The van der Waals surface area contributed by atoms with Gasteiger partial charge in [-0.15, -0.1) is 0 Å². The number of aromatic carboxylic acids is 1. The number of carboxylic acid groups (broad SMARTS) is 1. The lowest BCUT2D eigenvalue weighted by molar-refractivity contribution is 0.0696. The fraction of sp³-hybridized carbons (Fsp3) is 0.0667. The van der Waals surface area contributed by atoms with Crippen molar-refractivity contribution in [3.05, 3.63) is 58.1 Å². The van der Waals surface area contributed by atoms with Gasteiger partial charge < -0.3 is 15.5 Å². The Morgan fingerprint density at radius 3 is 2.43 bits per heavy atom. The Morgan fingerprint density at radius 1 is 1.14 bits per heavy atom. The summed E-state index contributed by atoms with van der Waals surface area (Å²) >= 11 is 5.95. The molecule has 21 heavy (non-hydrogen) atoms. The normalized spacial score (nSPS) is 10.2. The van der Waals surface area contributed by atoms with E-state index < -0.39 is 11.9 Å². The number of hydrogen-bond acceptors (Lipinski definition) is 3. The third-order valence-electron chi connectivity index (χ3n) is 2.92. The molecule has 6 heteroatoms. The molecule has 0 aliphatic heterocycles. The van der Waals surface area contributed by atoms with Gasteiger partial charge in [-0.05, 0) is 48.9 Å². The van der Waals surface area contributed by atoms with Crippen molar-refractivity contribution >= 4 is 29.2 Å². The van der Waals surface area contributed by atoms with E-state index in [1.54, 1.807) is 6.92 Å². The van der Waals surface area contributed by atoms with Gasteiger partial charge >= 0.3 is 5.97 Å². The van der Waals surface area contributed by atoms with Gasteiger partial charge in [0.15, 0.2) is 0 Å². The van der Waals surface area contributed by atoms with Crippen LogP contribution in [0.1, 0.15) is 26.3 Å². The first-order chi connectivity index (χ1) is 9.88. The van der Waals surface area contributed by atoms with Gasteiger partial charge in [-0.3, -0.25) is 4.79 Å². The third-order valence-corrected chi connectivity index (χ3v) is 3.23. The second kappa shape index (κ2) is 5.85. The molecule has 0 bridgehead atoms. The predicted molar refractivity (Wildman–Crippen MR) is 79.2 cm³/mol. The number of benzene rings is 2. The zero-order chi connectivity index (χ0) is 15.6. The number of carbonyl (C=O) groups is 2. The first kappa shape index (κ1) is 14.9. The number of nitrogens with one attached hydrogen (secondary N) is 1. The predicted octanol–water partition coefficient (Wildman–Crippen LogP) is 3.30. The van der Waals surface area contributed by atoms with Crippen LogP contribution in [-0.2, 0) is 0 Å². The lowest BCUT2D eigenvalue weighted by Crippen LogP contribution is -2.13. The van der Waals surface area contributed by atoms with Gasteiger partial charge in [0.05, 0.1) is 16.3 Å². The summed E-state index contributed by atoms with van der Waals surface area (Å²) in [5.41, 5.74) is 1.37. The molecule has 0 heterocycles. The summed E-state index contributed by atoms with van der Waals surface area (Å²) in [5, 5.41) is 20.9. The number of anilines is 1. The van der Waals surface area contributed by atoms with Gasteiger partial charge in [-0.2, -0.15) is 0 Å². The number of phenols is 1. The molecule has 0 saturated carbocycles. The summed E-state index contributed by atoms with van der Waals surface area (Å²) in [7, 11) is 0. The Bertz CT molecular complexity index is 728. The van der Waals surface area contributed by atoms with Crippen molar-refractivity contribution in [2.24, 2.45) is 0 Å². The number of carbonyl (C=O) groups excluding carboxylic acids is 1. The molecule has 2 rings (SSSR count). The zero-order valence-electron chi connectivity index (χ0n) is 11.1. The van der Waals surface area contributed by atoms with E-state index in [4.69, 9.17) is 16.7 Å². The monoisotopic (exact) mass is 305 g/mol. The molecule has 0 atom stereocenters. The number of hydrogen-bond donors (Lipinski definition) is 3. The zero-order valence-corrected chi connectivity index (χ0v) is 11.8. The molecule has 0 aromatic heterocycles. The Balaban J connectivity index is 2.25. The van der Waals surface area contributed by atoms with Crippen LogP contribution in [0.2, 0.25) is 5.02 Å². The number of amides is 1. The Labute approximate surface area is 125 Å². The van der Waals surface area contributed by atoms with Crippen molar-refractivity contribution in [2.75, 3.05) is 5.32 Å². The molecule has 0 aliphatic carbocycles. The summed E-state index contributed by atoms with van der Waals surface area (Å²) < 4.78 is 0. The average molecular weight is 306 g/mol. The maximum atomic E-state index is 12.1. The van der Waals surface area contributed by atoms with Gasteiger partial charge in [0.1, 0.15) is 5.75 Å². The van der Waals surface area contributed by atoms with E-state index in [1.165, 1.54) is 36.4 Å². The molecule has 108 valence electrons. The van der Waals surface area contributed by atoms with Crippen LogP contribution in [0.4, 0.5) is 5.69 Å². The molecule has 3 N–H and O–H groups in total. The van der Waals surface area contributed by atoms with E-state index in [1.807, 2.05) is 0 Å². The first-order valence-electron chi connectivity index (χ1n) is 6.02. The maximum Gasteiger partial charge on any atom is 0.335 e. The molecule has 5 nitrogen and oxygen atoms in total. The van der Waals surface area contributed by atoms with Gasteiger partial charge in [0, 0.05) is 5.56 Å². The van der Waals surface area contributed by atoms with Crippen LogP contribution in [0.25, 0.3) is 0 Å². The summed E-state index contributed by atoms with van der Waals surface area (Å²) in [6, 6.07) is 8.44. The number of rotatable bonds is 3. The first-order valence-corrected chi connectivity index (χ1v) is 6.40. The van der Waals surface area contributed by atoms with Crippen LogP contribution < -0.4 is 5.32 Å². The second-order valence-electron chi connectivity index (χ2n) is 4.45. The van der Waals surface area contributed by atoms with Crippen molar-refractivity contribution in [1.29, 1.82) is 0 Å². The Hall–Kier alpha value is -2.53. The SMILES string of the molecule is Cc1cc(O)ccc1C(=O)Nc1ccc(C(=O)O)cc1Cl. The van der Waals surface area contributed by atoms with Crippen molar-refractivity contribution < 1.29 is 19.8 Å². The van der Waals surface area contributed by atoms with E-state index in [2.05, 4.69) is 5.32 Å². The number of halogens is 1. The number of carboxylic acids is 1. The van der Waals surface area contributed by atoms with E-state index in [0.717, 1.165) is 0 Å². The smallest absolute Gasteiger partial charge is 0.335 e. The quantitative estimate of drug-likeness (QED) is 0.812. The van der Waals surface area contributed by atoms with Crippen molar-refractivity contribution in [3.63, 3.8) is 0 Å². The molecule has 0 radical (unpaired) electrons. The van der Waals surface area contributed by atoms with Crippen molar-refractivity contribution in [3.8, 4) is 5.75 Å². The van der Waals surface area contributed by atoms with Gasteiger partial charge in [-0.1, -0.05) is 11.6 Å². The molecule has 0 saturated heterocycles. The number of phenolic OH excluding ortho intramolecular Hbond substituents is 1. The molecule has 0 spiro atoms. The highest BCUT2D eigenvalue weighted by molar-refractivity contribution is 6.34. The average Bonchev–Trinajstić information content (AvgIpc) is 2.40. The van der Waals surface area contributed by atoms with Crippen LogP contribution in [0.5, 0.6) is 5.75 Å². The van der Waals surface area contributed by atoms with E-state index in [-0.39, 0.29) is 16.3 Å². The van der Waals surface area contributed by atoms with E-state index >= 15 is 0 Å². The lowest BCUT2D eigenvalue weighted by atomic mass is 10.1. The summed E-state index contributed by atoms with van der Waals surface area (Å²) in [6.07, 6.45) is 0. The molecule has 0 fully saturated rings. The molecular weight excluding hydrogens is 294 g/mol. The topological polar surface area (TPSA) is 86.6 Å². The van der Waals surface area contributed by atoms with Gasteiger partial charge in [0.25, 0.3) is 5.91 Å². The summed E-state index contributed by atoms with van der Waals surface area (Å²) in [6.45, 7) is 1.70. The highest BCUT2D eigenvalue weighted by Crippen LogP contribution is 2.24. The van der Waals surface area contributed by atoms with Crippen LogP contribution in [0.3, 0.4) is 0 Å². The minimum atomic E-state index is -1.09. The highest BCUT2D eigenvalue weighted by Gasteiger charge is 2.13. The highest BCUT2D eigenvalue weighted by atomic mass is 35.5. The summed E-state index contributed by atoms with van der Waals surface area (Å²) in [5.74, 6) is -1.41. The molecule has 0 unspecified atom stereocenters. The largest absolute Gasteiger partial charge is 0.508 e. The minimum absolute atomic E-state index is 0.0406. The standard InChI is InChI=1S/C15H12ClNO4/c1-8-6-10(18)3-4-11(8)14(19)17-13-5-2-9(15(20)21)7-12(13)16/h2-7,18H,1H3,(H,17,19)(H,20,21). The lowest BCUT2D eigenvalue weighted by Gasteiger charge is -2.10. The van der Waals surface area contributed by atoms with E-state index in [0.29, 0.717) is 16.8 Å². The van der Waals surface area contributed by atoms with Crippen LogP contribution in [0, 0.1) is 6.92 Å². The summed E-state index contributed by atoms with van der Waals surface area (Å²) in [4.78, 5) is 23.0. The maximum absolute atomic E-state index is 12.1. The molecule has 0 aliphatic rings. The fourth-order valence-electron chi connectivity index (χ4n) is 1.84. The number of aryl methyl sites for hydroxylation is 1. The van der Waals surface area contributed by atoms with Crippen molar-refractivity contribution in [2.45, 2.75) is 6.92 Å². The van der Waals surface area contributed by atoms with Crippen LogP contribution in [0.15, 0.2) is 36.4 Å². The van der Waals surface area contributed by atoms with E-state index in [9.17, 15) is 14.7 Å². The van der Waals surface area contributed by atoms with Crippen LogP contribution >= 0.6 is 11.6 Å². The second-order valence-corrected chi connectivity index (χ2v) is 4.86. The number of aromatic hydroxyl groups is 1. The molecule has 2 aromatic carbocycles. The minimum Gasteiger partial charge on any atom is -0.508 e. The molecular formula is C15H12ClNO4. The fourth-order valence-corrected chi connectivity index (χ4v) is 2.07. The molecule has 2 aromatic rings. The third kappa shape index (κ3) is 3.32. The van der Waals surface area contributed by atoms with Gasteiger partial charge in [-0.25, -0.2) is 4.79 Å².